The predicted octanol–water partition coefficient (Wildman–Crippen LogP) is -0.777. The van der Waals surface area contributed by atoms with Gasteiger partial charge in [0.2, 0.25) is 0 Å². The molecule has 0 radical (unpaired) electrons. The average molecular weight is 174 g/mol. The second-order valence-corrected chi connectivity index (χ2v) is 3.18. The molecule has 5 heteroatoms. The first kappa shape index (κ1) is 9.28. The fraction of sp³-hybridized carbons (Fsp3) is 0.857. The minimum absolute atomic E-state index is 0.0931. The lowest BCUT2D eigenvalue weighted by Crippen LogP contribution is -2.57. The molecule has 3 atom stereocenters. The van der Waals surface area contributed by atoms with E-state index < -0.39 is 12.2 Å². The van der Waals surface area contributed by atoms with Crippen LogP contribution in [0.4, 0.5) is 4.79 Å². The SMILES string of the molecule is C[C@H]1CNC[C@@H](NC(=O)O)[C@@H]1O. The molecule has 1 aliphatic rings. The van der Waals surface area contributed by atoms with Crippen LogP contribution in [0, 0.1) is 5.92 Å². The van der Waals surface area contributed by atoms with Crippen molar-refractivity contribution in [1.29, 1.82) is 0 Å². The lowest BCUT2D eigenvalue weighted by molar-refractivity contribution is 0.0547. The first-order valence-corrected chi connectivity index (χ1v) is 3.99. The van der Waals surface area contributed by atoms with E-state index >= 15 is 0 Å². The first-order chi connectivity index (χ1) is 5.61. The minimum atomic E-state index is -1.09. The molecular formula is C7H14N2O3. The van der Waals surface area contributed by atoms with Gasteiger partial charge in [0, 0.05) is 13.1 Å². The number of piperidine rings is 1. The second-order valence-electron chi connectivity index (χ2n) is 3.18. The van der Waals surface area contributed by atoms with E-state index in [2.05, 4.69) is 10.6 Å². The summed E-state index contributed by atoms with van der Waals surface area (Å²) in [5.74, 6) is 0.0931. The van der Waals surface area contributed by atoms with E-state index in [1.165, 1.54) is 0 Å². The number of rotatable bonds is 1. The molecule has 0 saturated carbocycles. The summed E-state index contributed by atoms with van der Waals surface area (Å²) in [5, 5.41) is 23.2. The minimum Gasteiger partial charge on any atom is -0.465 e. The molecule has 0 aromatic rings. The van der Waals surface area contributed by atoms with Crippen LogP contribution in [0.1, 0.15) is 6.92 Å². The summed E-state index contributed by atoms with van der Waals surface area (Å²) in [7, 11) is 0. The van der Waals surface area contributed by atoms with E-state index in [9.17, 15) is 9.90 Å². The Hall–Kier alpha value is -0.810. The molecule has 5 nitrogen and oxygen atoms in total. The molecule has 1 saturated heterocycles. The zero-order valence-electron chi connectivity index (χ0n) is 6.95. The van der Waals surface area contributed by atoms with E-state index in [1.54, 1.807) is 0 Å². The zero-order chi connectivity index (χ0) is 9.14. The smallest absolute Gasteiger partial charge is 0.405 e. The third-order valence-corrected chi connectivity index (χ3v) is 2.13. The summed E-state index contributed by atoms with van der Waals surface area (Å²) >= 11 is 0. The molecule has 0 aliphatic carbocycles. The van der Waals surface area contributed by atoms with E-state index in [0.717, 1.165) is 6.54 Å². The van der Waals surface area contributed by atoms with Crippen molar-refractivity contribution in [2.45, 2.75) is 19.1 Å². The number of hydrogen-bond donors (Lipinski definition) is 4. The van der Waals surface area contributed by atoms with Gasteiger partial charge >= 0.3 is 6.09 Å². The molecule has 12 heavy (non-hydrogen) atoms. The number of nitrogens with one attached hydrogen (secondary N) is 2. The summed E-state index contributed by atoms with van der Waals surface area (Å²) in [5.41, 5.74) is 0. The standard InChI is InChI=1S/C7H14N2O3/c1-4-2-8-3-5(6(4)10)9-7(11)12/h4-6,8-10H,2-3H2,1H3,(H,11,12)/t4-,5+,6+/m0/s1. The third kappa shape index (κ3) is 2.09. The van der Waals surface area contributed by atoms with E-state index in [-0.39, 0.29) is 12.0 Å². The maximum atomic E-state index is 10.3. The van der Waals surface area contributed by atoms with Gasteiger partial charge in [-0.25, -0.2) is 4.79 Å². The van der Waals surface area contributed by atoms with Gasteiger partial charge in [-0.3, -0.25) is 0 Å². The first-order valence-electron chi connectivity index (χ1n) is 3.99. The van der Waals surface area contributed by atoms with Gasteiger partial charge in [-0.1, -0.05) is 6.92 Å². The highest BCUT2D eigenvalue weighted by molar-refractivity contribution is 5.65. The van der Waals surface area contributed by atoms with Gasteiger partial charge < -0.3 is 20.8 Å². The highest BCUT2D eigenvalue weighted by Crippen LogP contribution is 2.10. The highest BCUT2D eigenvalue weighted by atomic mass is 16.4. The Labute approximate surface area is 70.8 Å². The summed E-state index contributed by atoms with van der Waals surface area (Å²) in [6, 6.07) is -0.383. The predicted molar refractivity (Wildman–Crippen MR) is 43.0 cm³/mol. The number of carbonyl (C=O) groups is 1. The number of amides is 1. The van der Waals surface area contributed by atoms with Crippen molar-refractivity contribution in [2.24, 2.45) is 5.92 Å². The lowest BCUT2D eigenvalue weighted by atomic mass is 9.94. The molecule has 0 aromatic heterocycles. The normalized spacial score (nSPS) is 36.0. The van der Waals surface area contributed by atoms with E-state index in [1.807, 2.05) is 6.92 Å². The van der Waals surface area contributed by atoms with Gasteiger partial charge in [-0.2, -0.15) is 0 Å². The Morgan fingerprint density at radius 3 is 2.83 bits per heavy atom. The molecule has 0 aromatic carbocycles. The number of carboxylic acid groups (broad SMARTS) is 1. The van der Waals surface area contributed by atoms with Gasteiger partial charge in [0.05, 0.1) is 12.1 Å². The van der Waals surface area contributed by atoms with E-state index in [0.29, 0.717) is 6.54 Å². The van der Waals surface area contributed by atoms with Crippen molar-refractivity contribution in [3.63, 3.8) is 0 Å². The number of aliphatic hydroxyl groups excluding tert-OH is 1. The quantitative estimate of drug-likeness (QED) is 0.420. The molecule has 1 heterocycles. The van der Waals surface area contributed by atoms with Crippen molar-refractivity contribution in [3.05, 3.63) is 0 Å². The second kappa shape index (κ2) is 3.73. The number of aliphatic hydroxyl groups is 1. The van der Waals surface area contributed by atoms with Crippen molar-refractivity contribution in [3.8, 4) is 0 Å². The van der Waals surface area contributed by atoms with Crippen LogP contribution in [0.3, 0.4) is 0 Å². The van der Waals surface area contributed by atoms with Crippen molar-refractivity contribution in [2.75, 3.05) is 13.1 Å². The molecule has 1 aliphatic heterocycles. The Balaban J connectivity index is 2.46. The van der Waals surface area contributed by atoms with Crippen LogP contribution in [0.15, 0.2) is 0 Å². The monoisotopic (exact) mass is 174 g/mol. The molecule has 0 bridgehead atoms. The Bertz CT molecular complexity index is 174. The summed E-state index contributed by atoms with van der Waals surface area (Å²) < 4.78 is 0. The molecule has 1 fully saturated rings. The summed E-state index contributed by atoms with van der Waals surface area (Å²) in [6.45, 7) is 3.12. The van der Waals surface area contributed by atoms with Crippen molar-refractivity contribution in [1.82, 2.24) is 10.6 Å². The Morgan fingerprint density at radius 1 is 1.58 bits per heavy atom. The van der Waals surface area contributed by atoms with Crippen LogP contribution < -0.4 is 10.6 Å². The number of hydrogen-bond acceptors (Lipinski definition) is 3. The third-order valence-electron chi connectivity index (χ3n) is 2.13. The van der Waals surface area contributed by atoms with Gasteiger partial charge in [0.15, 0.2) is 0 Å². The average Bonchev–Trinajstić information content (AvgIpc) is 1.98. The molecule has 0 spiro atoms. The summed E-state index contributed by atoms with van der Waals surface area (Å²) in [4.78, 5) is 10.3. The molecule has 4 N–H and O–H groups in total. The van der Waals surface area contributed by atoms with Crippen LogP contribution in [0.2, 0.25) is 0 Å². The lowest BCUT2D eigenvalue weighted by Gasteiger charge is -2.33. The van der Waals surface area contributed by atoms with Gasteiger partial charge in [0.1, 0.15) is 0 Å². The van der Waals surface area contributed by atoms with Gasteiger partial charge in [-0.15, -0.1) is 0 Å². The van der Waals surface area contributed by atoms with E-state index in [4.69, 9.17) is 5.11 Å². The molecule has 1 rings (SSSR count). The molecule has 0 unspecified atom stereocenters. The van der Waals surface area contributed by atoms with Crippen LogP contribution in [-0.2, 0) is 0 Å². The molecule has 1 amide bonds. The van der Waals surface area contributed by atoms with Gasteiger partial charge in [0.25, 0.3) is 0 Å². The van der Waals surface area contributed by atoms with Gasteiger partial charge in [-0.05, 0) is 5.92 Å². The highest BCUT2D eigenvalue weighted by Gasteiger charge is 2.29. The van der Waals surface area contributed by atoms with Crippen molar-refractivity contribution < 1.29 is 15.0 Å². The van der Waals surface area contributed by atoms with Crippen LogP contribution >= 0.6 is 0 Å². The van der Waals surface area contributed by atoms with Crippen LogP contribution in [0.25, 0.3) is 0 Å². The largest absolute Gasteiger partial charge is 0.465 e. The molecular weight excluding hydrogens is 160 g/mol. The topological polar surface area (TPSA) is 81.6 Å². The van der Waals surface area contributed by atoms with Crippen LogP contribution in [0.5, 0.6) is 0 Å². The maximum Gasteiger partial charge on any atom is 0.405 e. The fourth-order valence-corrected chi connectivity index (χ4v) is 1.40. The zero-order valence-corrected chi connectivity index (χ0v) is 6.95. The van der Waals surface area contributed by atoms with Crippen molar-refractivity contribution >= 4 is 6.09 Å². The summed E-state index contributed by atoms with van der Waals surface area (Å²) in [6.07, 6.45) is -1.67. The Kier molecular flexibility index (Phi) is 2.88. The fourth-order valence-electron chi connectivity index (χ4n) is 1.40. The van der Waals surface area contributed by atoms with Crippen LogP contribution in [-0.4, -0.2) is 41.5 Å². The Morgan fingerprint density at radius 2 is 2.25 bits per heavy atom. The maximum absolute atomic E-state index is 10.3. The molecule has 70 valence electrons.